The van der Waals surface area contributed by atoms with Crippen LogP contribution in [0.4, 0.5) is 13.2 Å². The SMILES string of the molecule is CC(C)CC(CN)CN1CCN(CC(F)(F)F)CC1. The summed E-state index contributed by atoms with van der Waals surface area (Å²) in [6.45, 7) is 7.54. The van der Waals surface area contributed by atoms with Gasteiger partial charge in [0.15, 0.2) is 0 Å². The molecule has 0 aromatic carbocycles. The first-order valence-electron chi connectivity index (χ1n) is 7.01. The van der Waals surface area contributed by atoms with Gasteiger partial charge in [0.2, 0.25) is 0 Å². The molecule has 1 aliphatic heterocycles. The summed E-state index contributed by atoms with van der Waals surface area (Å²) in [7, 11) is 0. The van der Waals surface area contributed by atoms with Gasteiger partial charge in [-0.1, -0.05) is 13.8 Å². The van der Waals surface area contributed by atoms with E-state index in [1.807, 2.05) is 0 Å². The van der Waals surface area contributed by atoms with Crippen molar-refractivity contribution >= 4 is 0 Å². The van der Waals surface area contributed by atoms with Gasteiger partial charge in [0.05, 0.1) is 6.54 Å². The lowest BCUT2D eigenvalue weighted by molar-refractivity contribution is -0.149. The molecular formula is C13H26F3N3. The third-order valence-corrected chi connectivity index (χ3v) is 3.52. The molecule has 1 rings (SSSR count). The number of nitrogens with two attached hydrogens (primary N) is 1. The van der Waals surface area contributed by atoms with E-state index in [1.165, 1.54) is 4.90 Å². The van der Waals surface area contributed by atoms with Crippen LogP contribution in [0.15, 0.2) is 0 Å². The molecule has 114 valence electrons. The molecule has 0 saturated carbocycles. The van der Waals surface area contributed by atoms with Crippen LogP contribution in [0.25, 0.3) is 0 Å². The number of halogens is 3. The van der Waals surface area contributed by atoms with Crippen LogP contribution in [0.1, 0.15) is 20.3 Å². The Labute approximate surface area is 113 Å². The monoisotopic (exact) mass is 281 g/mol. The summed E-state index contributed by atoms with van der Waals surface area (Å²) in [5.74, 6) is 1.06. The van der Waals surface area contributed by atoms with Crippen LogP contribution in [0.3, 0.4) is 0 Å². The second-order valence-electron chi connectivity index (χ2n) is 5.92. The van der Waals surface area contributed by atoms with E-state index in [-0.39, 0.29) is 0 Å². The largest absolute Gasteiger partial charge is 0.401 e. The summed E-state index contributed by atoms with van der Waals surface area (Å²) in [6.07, 6.45) is -3.00. The van der Waals surface area contributed by atoms with Crippen LogP contribution >= 0.6 is 0 Å². The molecule has 1 atom stereocenters. The first kappa shape index (κ1) is 16.7. The van der Waals surface area contributed by atoms with Gasteiger partial charge in [0.1, 0.15) is 0 Å². The minimum absolute atomic E-state index is 0.453. The van der Waals surface area contributed by atoms with Crippen molar-refractivity contribution in [3.05, 3.63) is 0 Å². The standard InChI is InChI=1S/C13H26F3N3/c1-11(2)7-12(8-17)9-18-3-5-19(6-4-18)10-13(14,15)16/h11-12H,3-10,17H2,1-2H3. The summed E-state index contributed by atoms with van der Waals surface area (Å²) < 4.78 is 36.8. The minimum atomic E-state index is -4.08. The Balaban J connectivity index is 2.29. The Morgan fingerprint density at radius 3 is 2.00 bits per heavy atom. The van der Waals surface area contributed by atoms with Gasteiger partial charge in [-0.15, -0.1) is 0 Å². The average molecular weight is 281 g/mol. The zero-order valence-corrected chi connectivity index (χ0v) is 11.9. The van der Waals surface area contributed by atoms with Crippen LogP contribution < -0.4 is 5.73 Å². The lowest BCUT2D eigenvalue weighted by Gasteiger charge is -2.36. The van der Waals surface area contributed by atoms with Gasteiger partial charge < -0.3 is 10.6 Å². The zero-order valence-electron chi connectivity index (χ0n) is 11.9. The molecule has 0 spiro atoms. The molecular weight excluding hydrogens is 255 g/mol. The van der Waals surface area contributed by atoms with Crippen LogP contribution in [0.2, 0.25) is 0 Å². The van der Waals surface area contributed by atoms with Crippen molar-refractivity contribution in [2.24, 2.45) is 17.6 Å². The molecule has 0 amide bonds. The maximum Gasteiger partial charge on any atom is 0.401 e. The van der Waals surface area contributed by atoms with Crippen molar-refractivity contribution in [2.75, 3.05) is 45.8 Å². The molecule has 0 radical (unpaired) electrons. The molecule has 19 heavy (non-hydrogen) atoms. The van der Waals surface area contributed by atoms with Crippen LogP contribution in [-0.2, 0) is 0 Å². The summed E-state index contributed by atoms with van der Waals surface area (Å²) in [5.41, 5.74) is 5.76. The molecule has 1 heterocycles. The maximum absolute atomic E-state index is 12.3. The topological polar surface area (TPSA) is 32.5 Å². The highest BCUT2D eigenvalue weighted by Gasteiger charge is 2.32. The summed E-state index contributed by atoms with van der Waals surface area (Å²) in [5, 5.41) is 0. The average Bonchev–Trinajstić information content (AvgIpc) is 2.28. The minimum Gasteiger partial charge on any atom is -0.330 e. The number of hydrogen-bond acceptors (Lipinski definition) is 3. The maximum atomic E-state index is 12.3. The Morgan fingerprint density at radius 1 is 1.05 bits per heavy atom. The lowest BCUT2D eigenvalue weighted by Crippen LogP contribution is -2.50. The quantitative estimate of drug-likeness (QED) is 0.805. The van der Waals surface area contributed by atoms with E-state index in [9.17, 15) is 13.2 Å². The highest BCUT2D eigenvalue weighted by molar-refractivity contribution is 4.76. The molecule has 1 unspecified atom stereocenters. The Hall–Kier alpha value is -0.330. The fraction of sp³-hybridized carbons (Fsp3) is 1.00. The normalized spacial score (nSPS) is 21.0. The van der Waals surface area contributed by atoms with Gasteiger partial charge in [-0.3, -0.25) is 4.90 Å². The third kappa shape index (κ3) is 7.13. The van der Waals surface area contributed by atoms with Crippen molar-refractivity contribution in [3.8, 4) is 0 Å². The van der Waals surface area contributed by atoms with Crippen molar-refractivity contribution in [3.63, 3.8) is 0 Å². The number of nitrogens with zero attached hydrogens (tertiary/aromatic N) is 2. The zero-order chi connectivity index (χ0) is 14.5. The van der Waals surface area contributed by atoms with Crippen LogP contribution in [0, 0.1) is 11.8 Å². The van der Waals surface area contributed by atoms with E-state index in [2.05, 4.69) is 18.7 Å². The Bertz CT molecular complexity index is 248. The fourth-order valence-corrected chi connectivity index (χ4v) is 2.66. The van der Waals surface area contributed by atoms with Gasteiger partial charge >= 0.3 is 6.18 Å². The van der Waals surface area contributed by atoms with E-state index in [4.69, 9.17) is 5.73 Å². The van der Waals surface area contributed by atoms with Gasteiger partial charge in [-0.2, -0.15) is 13.2 Å². The number of rotatable bonds is 6. The summed E-state index contributed by atoms with van der Waals surface area (Å²) in [4.78, 5) is 3.73. The van der Waals surface area contributed by atoms with E-state index >= 15 is 0 Å². The predicted molar refractivity (Wildman–Crippen MR) is 70.9 cm³/mol. The predicted octanol–water partition coefficient (Wildman–Crippen LogP) is 1.79. The molecule has 0 bridgehead atoms. The molecule has 3 nitrogen and oxygen atoms in total. The van der Waals surface area contributed by atoms with Crippen molar-refractivity contribution in [1.29, 1.82) is 0 Å². The van der Waals surface area contributed by atoms with Gasteiger partial charge in [-0.05, 0) is 24.8 Å². The van der Waals surface area contributed by atoms with Crippen molar-refractivity contribution < 1.29 is 13.2 Å². The van der Waals surface area contributed by atoms with E-state index < -0.39 is 12.7 Å². The lowest BCUT2D eigenvalue weighted by atomic mass is 9.96. The summed E-state index contributed by atoms with van der Waals surface area (Å²) in [6, 6.07) is 0. The van der Waals surface area contributed by atoms with Crippen LogP contribution in [-0.4, -0.2) is 61.8 Å². The molecule has 1 aliphatic rings. The van der Waals surface area contributed by atoms with Crippen molar-refractivity contribution in [1.82, 2.24) is 9.80 Å². The highest BCUT2D eigenvalue weighted by atomic mass is 19.4. The number of piperazine rings is 1. The molecule has 0 aromatic heterocycles. The van der Waals surface area contributed by atoms with E-state index in [0.717, 1.165) is 13.0 Å². The molecule has 0 aromatic rings. The Kier molecular flexibility index (Phi) is 6.56. The highest BCUT2D eigenvalue weighted by Crippen LogP contribution is 2.18. The summed E-state index contributed by atoms with van der Waals surface area (Å²) >= 11 is 0. The molecule has 1 fully saturated rings. The second-order valence-corrected chi connectivity index (χ2v) is 5.92. The second kappa shape index (κ2) is 7.45. The van der Waals surface area contributed by atoms with Crippen LogP contribution in [0.5, 0.6) is 0 Å². The molecule has 2 N–H and O–H groups in total. The Morgan fingerprint density at radius 2 is 1.58 bits per heavy atom. The van der Waals surface area contributed by atoms with E-state index in [1.54, 1.807) is 0 Å². The van der Waals surface area contributed by atoms with E-state index in [0.29, 0.717) is 44.6 Å². The molecule has 1 saturated heterocycles. The smallest absolute Gasteiger partial charge is 0.330 e. The van der Waals surface area contributed by atoms with Gasteiger partial charge in [-0.25, -0.2) is 0 Å². The molecule has 0 aliphatic carbocycles. The molecule has 6 heteroatoms. The third-order valence-electron chi connectivity index (χ3n) is 3.52. The first-order chi connectivity index (χ1) is 8.80. The fourth-order valence-electron chi connectivity index (χ4n) is 2.66. The van der Waals surface area contributed by atoms with Crippen molar-refractivity contribution in [2.45, 2.75) is 26.4 Å². The number of alkyl halides is 3. The van der Waals surface area contributed by atoms with Gasteiger partial charge in [0, 0.05) is 32.7 Å². The number of hydrogen-bond donors (Lipinski definition) is 1. The van der Waals surface area contributed by atoms with Gasteiger partial charge in [0.25, 0.3) is 0 Å². The first-order valence-corrected chi connectivity index (χ1v) is 7.01.